The van der Waals surface area contributed by atoms with E-state index in [1.807, 2.05) is 5.38 Å². The second kappa shape index (κ2) is 6.64. The first-order valence-electron chi connectivity index (χ1n) is 6.15. The summed E-state index contributed by atoms with van der Waals surface area (Å²) in [6, 6.07) is 8.36. The summed E-state index contributed by atoms with van der Waals surface area (Å²) in [5.74, 6) is 0. The number of aromatic nitrogens is 1. The second-order valence-corrected chi connectivity index (χ2v) is 4.96. The summed E-state index contributed by atoms with van der Waals surface area (Å²) in [5, 5.41) is 3.03. The van der Waals surface area contributed by atoms with Crippen LogP contribution in [0.2, 0.25) is 0 Å². The quantitative estimate of drug-likeness (QED) is 0.813. The minimum atomic E-state index is 0.499. The van der Waals surface area contributed by atoms with Crippen molar-refractivity contribution in [3.8, 4) is 10.6 Å². The monoisotopic (exact) mass is 262 g/mol. The molecule has 0 saturated heterocycles. The molecule has 0 fully saturated rings. The molecular formula is C14H18N2OS. The van der Waals surface area contributed by atoms with Crippen molar-refractivity contribution in [2.75, 3.05) is 6.61 Å². The van der Waals surface area contributed by atoms with Gasteiger partial charge in [0.1, 0.15) is 5.01 Å². The molecule has 3 nitrogen and oxygen atoms in total. The highest BCUT2D eigenvalue weighted by Crippen LogP contribution is 2.24. The third kappa shape index (κ3) is 3.38. The van der Waals surface area contributed by atoms with Crippen LogP contribution >= 0.6 is 11.3 Å². The van der Waals surface area contributed by atoms with Gasteiger partial charge in [-0.1, -0.05) is 31.2 Å². The number of benzene rings is 1. The van der Waals surface area contributed by atoms with Gasteiger partial charge in [-0.2, -0.15) is 0 Å². The Labute approximate surface area is 112 Å². The highest BCUT2D eigenvalue weighted by molar-refractivity contribution is 7.13. The zero-order chi connectivity index (χ0) is 12.8. The van der Waals surface area contributed by atoms with Crippen LogP contribution in [0.5, 0.6) is 0 Å². The summed E-state index contributed by atoms with van der Waals surface area (Å²) in [6.45, 7) is 4.11. The molecule has 0 amide bonds. The third-order valence-corrected chi connectivity index (χ3v) is 3.52. The summed E-state index contributed by atoms with van der Waals surface area (Å²) in [7, 11) is 0. The number of thiazole rings is 1. The molecule has 0 saturated carbocycles. The maximum absolute atomic E-state index is 5.56. The van der Waals surface area contributed by atoms with Crippen molar-refractivity contribution < 1.29 is 4.74 Å². The highest BCUT2D eigenvalue weighted by Gasteiger charge is 2.03. The molecule has 4 heteroatoms. The lowest BCUT2D eigenvalue weighted by molar-refractivity contribution is 0.121. The van der Waals surface area contributed by atoms with E-state index in [1.165, 1.54) is 5.56 Å². The van der Waals surface area contributed by atoms with Crippen molar-refractivity contribution in [2.45, 2.75) is 26.5 Å². The Kier molecular flexibility index (Phi) is 4.87. The van der Waals surface area contributed by atoms with E-state index in [1.54, 1.807) is 11.3 Å². The lowest BCUT2D eigenvalue weighted by atomic mass is 10.1. The lowest BCUT2D eigenvalue weighted by Gasteiger charge is -2.03. The van der Waals surface area contributed by atoms with E-state index in [0.29, 0.717) is 13.2 Å². The predicted octanol–water partition coefficient (Wildman–Crippen LogP) is 3.20. The van der Waals surface area contributed by atoms with Crippen LogP contribution in [0.3, 0.4) is 0 Å². The van der Waals surface area contributed by atoms with Crippen molar-refractivity contribution in [3.05, 3.63) is 40.9 Å². The number of nitrogens with two attached hydrogens (primary N) is 1. The van der Waals surface area contributed by atoms with Crippen LogP contribution in [0.4, 0.5) is 0 Å². The van der Waals surface area contributed by atoms with Crippen LogP contribution in [-0.4, -0.2) is 11.6 Å². The Bertz CT molecular complexity index is 479. The van der Waals surface area contributed by atoms with E-state index in [4.69, 9.17) is 10.5 Å². The van der Waals surface area contributed by atoms with Crippen molar-refractivity contribution in [1.82, 2.24) is 4.98 Å². The molecule has 2 aromatic rings. The average molecular weight is 262 g/mol. The van der Waals surface area contributed by atoms with Gasteiger partial charge in [0.2, 0.25) is 0 Å². The van der Waals surface area contributed by atoms with Gasteiger partial charge in [-0.25, -0.2) is 4.98 Å². The molecule has 0 atom stereocenters. The summed E-state index contributed by atoms with van der Waals surface area (Å²) in [4.78, 5) is 4.47. The van der Waals surface area contributed by atoms with E-state index in [2.05, 4.69) is 36.2 Å². The Morgan fingerprint density at radius 1 is 1.28 bits per heavy atom. The van der Waals surface area contributed by atoms with Gasteiger partial charge < -0.3 is 10.5 Å². The molecule has 0 aliphatic heterocycles. The van der Waals surface area contributed by atoms with E-state index in [9.17, 15) is 0 Å². The van der Waals surface area contributed by atoms with Gasteiger partial charge in [0.25, 0.3) is 0 Å². The first-order valence-corrected chi connectivity index (χ1v) is 7.03. The fourth-order valence-corrected chi connectivity index (χ4v) is 2.45. The Morgan fingerprint density at radius 2 is 2.06 bits per heavy atom. The number of hydrogen-bond acceptors (Lipinski definition) is 4. The smallest absolute Gasteiger partial charge is 0.123 e. The van der Waals surface area contributed by atoms with Gasteiger partial charge in [0.15, 0.2) is 0 Å². The molecule has 2 rings (SSSR count). The number of nitrogens with zero attached hydrogens (tertiary/aromatic N) is 1. The van der Waals surface area contributed by atoms with Gasteiger partial charge in [-0.05, 0) is 12.0 Å². The van der Waals surface area contributed by atoms with Gasteiger partial charge in [0, 0.05) is 24.1 Å². The molecule has 0 spiro atoms. The Hall–Kier alpha value is -1.23. The van der Waals surface area contributed by atoms with Gasteiger partial charge in [0.05, 0.1) is 12.3 Å². The summed E-state index contributed by atoms with van der Waals surface area (Å²) in [5.41, 5.74) is 8.85. The molecular weight excluding hydrogens is 244 g/mol. The minimum Gasteiger partial charge on any atom is -0.377 e. The molecule has 2 N–H and O–H groups in total. The van der Waals surface area contributed by atoms with Crippen molar-refractivity contribution in [2.24, 2.45) is 5.73 Å². The highest BCUT2D eigenvalue weighted by atomic mass is 32.1. The Morgan fingerprint density at radius 3 is 2.67 bits per heavy atom. The molecule has 0 radical (unpaired) electrons. The van der Waals surface area contributed by atoms with Crippen molar-refractivity contribution >= 4 is 11.3 Å². The molecule has 0 aliphatic carbocycles. The summed E-state index contributed by atoms with van der Waals surface area (Å²) >= 11 is 1.63. The van der Waals surface area contributed by atoms with Gasteiger partial charge in [-0.15, -0.1) is 11.3 Å². The molecule has 0 aliphatic rings. The van der Waals surface area contributed by atoms with Crippen LogP contribution in [0.1, 0.15) is 24.6 Å². The third-order valence-electron chi connectivity index (χ3n) is 2.58. The van der Waals surface area contributed by atoms with Crippen LogP contribution < -0.4 is 5.73 Å². The molecule has 96 valence electrons. The number of ether oxygens (including phenoxy) is 1. The molecule has 1 aromatic heterocycles. The Balaban J connectivity index is 2.02. The molecule has 0 unspecified atom stereocenters. The second-order valence-electron chi connectivity index (χ2n) is 4.10. The molecule has 18 heavy (non-hydrogen) atoms. The van der Waals surface area contributed by atoms with E-state index >= 15 is 0 Å². The van der Waals surface area contributed by atoms with E-state index < -0.39 is 0 Å². The fourth-order valence-electron chi connectivity index (χ4n) is 1.61. The molecule has 1 heterocycles. The van der Waals surface area contributed by atoms with Gasteiger partial charge in [-0.3, -0.25) is 0 Å². The van der Waals surface area contributed by atoms with Gasteiger partial charge >= 0.3 is 0 Å². The SMILES string of the molecule is CCCOCc1ccc(-c2nc(CN)cs2)cc1. The van der Waals surface area contributed by atoms with E-state index in [0.717, 1.165) is 29.3 Å². The topological polar surface area (TPSA) is 48.1 Å². The van der Waals surface area contributed by atoms with Crippen molar-refractivity contribution in [3.63, 3.8) is 0 Å². The van der Waals surface area contributed by atoms with Crippen LogP contribution in [-0.2, 0) is 17.9 Å². The first kappa shape index (κ1) is 13.2. The zero-order valence-corrected chi connectivity index (χ0v) is 11.4. The van der Waals surface area contributed by atoms with Crippen LogP contribution in [0, 0.1) is 0 Å². The lowest BCUT2D eigenvalue weighted by Crippen LogP contribution is -1.96. The maximum atomic E-state index is 5.56. The average Bonchev–Trinajstić information content (AvgIpc) is 2.89. The standard InChI is InChI=1S/C14H18N2OS/c1-2-7-17-9-11-3-5-12(6-4-11)14-16-13(8-15)10-18-14/h3-6,10H,2,7-9,15H2,1H3. The van der Waals surface area contributed by atoms with Crippen LogP contribution in [0.25, 0.3) is 10.6 Å². The largest absolute Gasteiger partial charge is 0.377 e. The zero-order valence-electron chi connectivity index (χ0n) is 10.6. The summed E-state index contributed by atoms with van der Waals surface area (Å²) < 4.78 is 5.51. The van der Waals surface area contributed by atoms with Crippen molar-refractivity contribution in [1.29, 1.82) is 0 Å². The van der Waals surface area contributed by atoms with E-state index in [-0.39, 0.29) is 0 Å². The first-order chi connectivity index (χ1) is 8.83. The van der Waals surface area contributed by atoms with Crippen LogP contribution in [0.15, 0.2) is 29.6 Å². The number of hydrogen-bond donors (Lipinski definition) is 1. The predicted molar refractivity (Wildman–Crippen MR) is 75.4 cm³/mol. The number of rotatable bonds is 6. The molecule has 1 aromatic carbocycles. The fraction of sp³-hybridized carbons (Fsp3) is 0.357. The normalized spacial score (nSPS) is 10.8. The maximum Gasteiger partial charge on any atom is 0.123 e. The minimum absolute atomic E-state index is 0.499. The summed E-state index contributed by atoms with van der Waals surface area (Å²) in [6.07, 6.45) is 1.05. The molecule has 0 bridgehead atoms.